The van der Waals surface area contributed by atoms with Crippen LogP contribution < -0.4 is 5.32 Å². The third-order valence-electron chi connectivity index (χ3n) is 3.77. The summed E-state index contributed by atoms with van der Waals surface area (Å²) in [5, 5.41) is 3.44. The molecule has 0 bridgehead atoms. The van der Waals surface area contributed by atoms with Gasteiger partial charge in [-0.05, 0) is 31.4 Å². The van der Waals surface area contributed by atoms with Crippen LogP contribution in [-0.4, -0.2) is 37.1 Å². The first kappa shape index (κ1) is 14.7. The number of likely N-dealkylation sites (N-methyl/N-ethyl adjacent to an activating group) is 1. The van der Waals surface area contributed by atoms with E-state index in [0.717, 1.165) is 25.0 Å². The van der Waals surface area contributed by atoms with Gasteiger partial charge in [-0.25, -0.2) is 0 Å². The highest BCUT2D eigenvalue weighted by molar-refractivity contribution is 5.00. The van der Waals surface area contributed by atoms with Crippen molar-refractivity contribution in [1.82, 2.24) is 10.2 Å². The zero-order valence-electron chi connectivity index (χ0n) is 12.1. The molecule has 100 valence electrons. The van der Waals surface area contributed by atoms with E-state index in [1.807, 2.05) is 0 Å². The van der Waals surface area contributed by atoms with Crippen molar-refractivity contribution >= 4 is 0 Å². The molecule has 1 N–H and O–H groups in total. The number of nitrogens with zero attached hydrogens (tertiary/aromatic N) is 1. The van der Waals surface area contributed by atoms with Crippen LogP contribution in [0.15, 0.2) is 12.2 Å². The summed E-state index contributed by atoms with van der Waals surface area (Å²) in [6.45, 7) is 12.9. The van der Waals surface area contributed by atoms with Crippen molar-refractivity contribution in [3.63, 3.8) is 0 Å². The molecule has 0 spiro atoms. The van der Waals surface area contributed by atoms with Crippen LogP contribution in [0.5, 0.6) is 0 Å². The summed E-state index contributed by atoms with van der Waals surface area (Å²) in [4.78, 5) is 2.50. The monoisotopic (exact) mass is 238 g/mol. The summed E-state index contributed by atoms with van der Waals surface area (Å²) < 4.78 is 0. The summed E-state index contributed by atoms with van der Waals surface area (Å²) in [6.07, 6.45) is 5.54. The third kappa shape index (κ3) is 5.69. The van der Waals surface area contributed by atoms with Gasteiger partial charge in [-0.15, -0.1) is 0 Å². The Morgan fingerprint density at radius 1 is 1.41 bits per heavy atom. The van der Waals surface area contributed by atoms with Gasteiger partial charge in [-0.3, -0.25) is 4.90 Å². The van der Waals surface area contributed by atoms with E-state index in [0.29, 0.717) is 6.04 Å². The lowest BCUT2D eigenvalue weighted by Gasteiger charge is -2.34. The van der Waals surface area contributed by atoms with Gasteiger partial charge in [0.25, 0.3) is 0 Å². The largest absolute Gasteiger partial charge is 0.311 e. The lowest BCUT2D eigenvalue weighted by Crippen LogP contribution is -2.38. The summed E-state index contributed by atoms with van der Waals surface area (Å²) in [5.74, 6) is 0.901. The zero-order valence-corrected chi connectivity index (χ0v) is 12.1. The van der Waals surface area contributed by atoms with E-state index in [9.17, 15) is 0 Å². The molecule has 0 aliphatic heterocycles. The number of rotatable bonds is 6. The van der Waals surface area contributed by atoms with Crippen LogP contribution in [0.4, 0.5) is 0 Å². The first-order valence-electron chi connectivity index (χ1n) is 7.09. The average Bonchev–Trinajstić information content (AvgIpc) is 2.26. The molecule has 1 fully saturated rings. The smallest absolute Gasteiger partial charge is 0.0202 e. The molecule has 0 aromatic rings. The van der Waals surface area contributed by atoms with Crippen LogP contribution in [0.1, 0.15) is 46.5 Å². The quantitative estimate of drug-likeness (QED) is 0.716. The molecule has 2 atom stereocenters. The Morgan fingerprint density at radius 3 is 2.71 bits per heavy atom. The second kappa shape index (κ2) is 7.17. The van der Waals surface area contributed by atoms with Crippen LogP contribution in [0.2, 0.25) is 0 Å². The van der Waals surface area contributed by atoms with Gasteiger partial charge in [0.05, 0.1) is 0 Å². The SMILES string of the molecule is C=C(CNC(C)C)CN(C)C1CCCC(C)C1. The fraction of sp³-hybridized carbons (Fsp3) is 0.867. The van der Waals surface area contributed by atoms with Crippen molar-refractivity contribution in [2.24, 2.45) is 5.92 Å². The Labute approximate surface area is 107 Å². The van der Waals surface area contributed by atoms with Crippen LogP contribution >= 0.6 is 0 Å². The summed E-state index contributed by atoms with van der Waals surface area (Å²) in [6, 6.07) is 1.32. The molecule has 0 aromatic carbocycles. The van der Waals surface area contributed by atoms with E-state index in [4.69, 9.17) is 0 Å². The molecule has 0 amide bonds. The predicted molar refractivity (Wildman–Crippen MR) is 76.3 cm³/mol. The topological polar surface area (TPSA) is 15.3 Å². The zero-order chi connectivity index (χ0) is 12.8. The Bertz CT molecular complexity index is 235. The maximum Gasteiger partial charge on any atom is 0.0202 e. The molecule has 0 heterocycles. The van der Waals surface area contributed by atoms with Crippen molar-refractivity contribution in [3.8, 4) is 0 Å². The molecule has 1 aliphatic rings. The van der Waals surface area contributed by atoms with E-state index >= 15 is 0 Å². The van der Waals surface area contributed by atoms with Crippen molar-refractivity contribution in [3.05, 3.63) is 12.2 Å². The molecule has 2 unspecified atom stereocenters. The highest BCUT2D eigenvalue weighted by Gasteiger charge is 2.22. The summed E-state index contributed by atoms with van der Waals surface area (Å²) in [7, 11) is 2.25. The molecule has 1 saturated carbocycles. The molecule has 2 heteroatoms. The van der Waals surface area contributed by atoms with Crippen LogP contribution in [-0.2, 0) is 0 Å². The van der Waals surface area contributed by atoms with Gasteiger partial charge in [-0.2, -0.15) is 0 Å². The Balaban J connectivity index is 2.27. The second-order valence-electron chi connectivity index (χ2n) is 6.13. The van der Waals surface area contributed by atoms with E-state index in [-0.39, 0.29) is 0 Å². The lowest BCUT2D eigenvalue weighted by molar-refractivity contribution is 0.174. The van der Waals surface area contributed by atoms with Crippen molar-refractivity contribution in [2.45, 2.75) is 58.5 Å². The van der Waals surface area contributed by atoms with E-state index in [2.05, 4.69) is 44.6 Å². The normalized spacial score (nSPS) is 25.5. The molecule has 1 aliphatic carbocycles. The molecular formula is C15H30N2. The maximum absolute atomic E-state index is 4.18. The highest BCUT2D eigenvalue weighted by Crippen LogP contribution is 2.26. The number of nitrogens with one attached hydrogen (secondary N) is 1. The third-order valence-corrected chi connectivity index (χ3v) is 3.77. The first-order valence-corrected chi connectivity index (χ1v) is 7.09. The van der Waals surface area contributed by atoms with Gasteiger partial charge >= 0.3 is 0 Å². The summed E-state index contributed by atoms with van der Waals surface area (Å²) in [5.41, 5.74) is 1.31. The van der Waals surface area contributed by atoms with Crippen molar-refractivity contribution in [2.75, 3.05) is 20.1 Å². The van der Waals surface area contributed by atoms with Crippen LogP contribution in [0.25, 0.3) is 0 Å². The predicted octanol–water partition coefficient (Wildman–Crippen LogP) is 3.05. The minimum atomic E-state index is 0.548. The molecular weight excluding hydrogens is 208 g/mol. The van der Waals surface area contributed by atoms with E-state index in [1.165, 1.54) is 31.3 Å². The standard InChI is InChI=1S/C15H30N2/c1-12(2)16-10-14(4)11-17(5)15-8-6-7-13(3)9-15/h12-13,15-16H,4,6-11H2,1-3,5H3. The van der Waals surface area contributed by atoms with Crippen LogP contribution in [0.3, 0.4) is 0 Å². The van der Waals surface area contributed by atoms with E-state index in [1.54, 1.807) is 0 Å². The Kier molecular flexibility index (Phi) is 6.21. The molecule has 1 rings (SSSR count). The number of hydrogen-bond acceptors (Lipinski definition) is 2. The molecule has 17 heavy (non-hydrogen) atoms. The minimum absolute atomic E-state index is 0.548. The molecule has 0 aromatic heterocycles. The fourth-order valence-corrected chi connectivity index (χ4v) is 2.69. The average molecular weight is 238 g/mol. The maximum atomic E-state index is 4.18. The Hall–Kier alpha value is -0.340. The Morgan fingerprint density at radius 2 is 2.12 bits per heavy atom. The minimum Gasteiger partial charge on any atom is -0.311 e. The van der Waals surface area contributed by atoms with Gasteiger partial charge in [0.1, 0.15) is 0 Å². The fourth-order valence-electron chi connectivity index (χ4n) is 2.69. The van der Waals surface area contributed by atoms with Gasteiger partial charge < -0.3 is 5.32 Å². The van der Waals surface area contributed by atoms with Gasteiger partial charge in [0.2, 0.25) is 0 Å². The second-order valence-corrected chi connectivity index (χ2v) is 6.13. The van der Waals surface area contributed by atoms with Gasteiger partial charge in [0, 0.05) is 25.2 Å². The van der Waals surface area contributed by atoms with Crippen LogP contribution in [0, 0.1) is 5.92 Å². The molecule has 0 saturated heterocycles. The van der Waals surface area contributed by atoms with Gasteiger partial charge in [-0.1, -0.05) is 40.2 Å². The van der Waals surface area contributed by atoms with Crippen molar-refractivity contribution in [1.29, 1.82) is 0 Å². The highest BCUT2D eigenvalue weighted by atomic mass is 15.1. The molecule has 2 nitrogen and oxygen atoms in total. The summed E-state index contributed by atoms with van der Waals surface area (Å²) >= 11 is 0. The van der Waals surface area contributed by atoms with Gasteiger partial charge in [0.15, 0.2) is 0 Å². The first-order chi connectivity index (χ1) is 7.99. The number of hydrogen-bond donors (Lipinski definition) is 1. The lowest BCUT2D eigenvalue weighted by atomic mass is 9.86. The van der Waals surface area contributed by atoms with Crippen molar-refractivity contribution < 1.29 is 0 Å². The molecule has 0 radical (unpaired) electrons. The van der Waals surface area contributed by atoms with E-state index < -0.39 is 0 Å².